The number of rotatable bonds is 22. The maximum Gasteiger partial charge on any atom is 0.255 e. The van der Waals surface area contributed by atoms with Gasteiger partial charge < -0.3 is 34.3 Å². The lowest BCUT2D eigenvalue weighted by Crippen LogP contribution is -2.44. The second kappa shape index (κ2) is 17.7. The summed E-state index contributed by atoms with van der Waals surface area (Å²) in [4.78, 5) is 32.7. The summed E-state index contributed by atoms with van der Waals surface area (Å²) in [6.45, 7) is 7.22. The second-order valence-corrected chi connectivity index (χ2v) is 11.5. The van der Waals surface area contributed by atoms with E-state index in [1.165, 1.54) is 19.3 Å². The minimum absolute atomic E-state index is 0.0268. The van der Waals surface area contributed by atoms with Crippen LogP contribution in [0.3, 0.4) is 0 Å². The first-order valence-corrected chi connectivity index (χ1v) is 15.6. The van der Waals surface area contributed by atoms with Gasteiger partial charge in [-0.25, -0.2) is 14.4 Å². The van der Waals surface area contributed by atoms with Gasteiger partial charge in [-0.2, -0.15) is 15.0 Å². The monoisotopic (exact) mass is 655 g/mol. The van der Waals surface area contributed by atoms with E-state index >= 15 is 4.39 Å². The van der Waals surface area contributed by atoms with Crippen LogP contribution in [-0.4, -0.2) is 115 Å². The molecule has 0 radical (unpaired) electrons. The normalized spacial score (nSPS) is 13.8. The van der Waals surface area contributed by atoms with Crippen LogP contribution in [0.25, 0.3) is 16.9 Å². The predicted molar refractivity (Wildman–Crippen MR) is 169 cm³/mol. The summed E-state index contributed by atoms with van der Waals surface area (Å²) in [7, 11) is 0. The number of ether oxygens (including phenoxy) is 5. The van der Waals surface area contributed by atoms with Gasteiger partial charge in [0, 0.05) is 29.9 Å². The number of halogens is 1. The predicted octanol–water partition coefficient (Wildman–Crippen LogP) is 2.78. The molecule has 0 spiro atoms. The number of anilines is 1. The molecule has 0 aliphatic heterocycles. The number of amides is 1. The van der Waals surface area contributed by atoms with Crippen molar-refractivity contribution >= 4 is 28.4 Å². The van der Waals surface area contributed by atoms with Crippen LogP contribution in [-0.2, 0) is 28.5 Å². The Morgan fingerprint density at radius 1 is 1.00 bits per heavy atom. The summed E-state index contributed by atoms with van der Waals surface area (Å²) < 4.78 is 43.8. The molecule has 1 atom stereocenters. The molecule has 254 valence electrons. The zero-order chi connectivity index (χ0) is 33.6. The first-order valence-electron chi connectivity index (χ1n) is 15.6. The fraction of sp³-hybridized carbons (Fsp3) is 0.562. The summed E-state index contributed by atoms with van der Waals surface area (Å²) >= 11 is 0. The molecule has 1 fully saturated rings. The van der Waals surface area contributed by atoms with Gasteiger partial charge in [0.05, 0.1) is 88.0 Å². The van der Waals surface area contributed by atoms with E-state index in [-0.39, 0.29) is 43.8 Å². The van der Waals surface area contributed by atoms with Crippen LogP contribution in [0.1, 0.15) is 49.5 Å². The van der Waals surface area contributed by atoms with E-state index in [1.54, 1.807) is 36.9 Å². The van der Waals surface area contributed by atoms with Crippen molar-refractivity contribution < 1.29 is 37.7 Å². The Kier molecular flexibility index (Phi) is 13.5. The molecule has 3 aromatic rings. The highest BCUT2D eigenvalue weighted by molar-refractivity contribution is 5.99. The molecule has 1 aliphatic carbocycles. The van der Waals surface area contributed by atoms with Crippen LogP contribution >= 0.6 is 0 Å². The Morgan fingerprint density at radius 2 is 1.66 bits per heavy atom. The molecule has 1 amide bonds. The van der Waals surface area contributed by atoms with Crippen LogP contribution in [0.4, 0.5) is 10.1 Å². The van der Waals surface area contributed by atoms with Gasteiger partial charge in [0.2, 0.25) is 0 Å². The molecule has 1 unspecified atom stereocenters. The van der Waals surface area contributed by atoms with Crippen LogP contribution in [0, 0.1) is 11.3 Å². The van der Waals surface area contributed by atoms with Gasteiger partial charge in [-0.1, -0.05) is 0 Å². The number of hydrogen-bond donors (Lipinski definition) is 2. The van der Waals surface area contributed by atoms with Crippen molar-refractivity contribution in [2.75, 3.05) is 71.3 Å². The molecule has 0 bridgehead atoms. The Balaban J connectivity index is 1.17. The first-order chi connectivity index (χ1) is 22.7. The molecule has 0 aromatic carbocycles. The second-order valence-electron chi connectivity index (χ2n) is 11.5. The summed E-state index contributed by atoms with van der Waals surface area (Å²) in [6, 6.07) is 5.71. The number of Topliss-reactive ketones (excluding diaryl/α,β-unsaturated/α-hetero) is 1. The molecule has 0 saturated heterocycles. The van der Waals surface area contributed by atoms with Gasteiger partial charge in [0.25, 0.3) is 5.91 Å². The van der Waals surface area contributed by atoms with E-state index in [1.807, 2.05) is 0 Å². The number of pyridine rings is 2. The largest absolute Gasteiger partial charge is 0.382 e. The third-order valence-corrected chi connectivity index (χ3v) is 7.14. The summed E-state index contributed by atoms with van der Waals surface area (Å²) in [5.41, 5.74) is 0.619. The molecular formula is C32H42FN7O7. The van der Waals surface area contributed by atoms with Gasteiger partial charge in [-0.15, -0.1) is 0 Å². The highest BCUT2D eigenvalue weighted by Gasteiger charge is 2.31. The molecular weight excluding hydrogens is 613 g/mol. The topological polar surface area (TPSA) is 172 Å². The molecule has 15 heteroatoms. The highest BCUT2D eigenvalue weighted by Crippen LogP contribution is 2.28. The van der Waals surface area contributed by atoms with Crippen molar-refractivity contribution in [3.8, 4) is 11.9 Å². The van der Waals surface area contributed by atoms with E-state index in [0.717, 1.165) is 12.8 Å². The number of hydrogen-bond acceptors (Lipinski definition) is 12. The minimum Gasteiger partial charge on any atom is -0.382 e. The standard InChI is InChI=1S/C32H42FN7O7/c1-22(41)21-46-11-10-44-7-6-43-8-9-45-12-13-47-32(2,3)28(33)20-37-31(42)26-19-35-29(15-27(26)39-25-4-5-25)40-30-24(18-38-40)14-23(16-34)17-36-30/h14-15,17-19,25,28H,4-13,20-21H2,1-3H3,(H,35,39)(H,37,42). The molecule has 3 heterocycles. The zero-order valence-electron chi connectivity index (χ0n) is 27.0. The summed E-state index contributed by atoms with van der Waals surface area (Å²) in [6.07, 6.45) is 4.97. The Labute approximate surface area is 272 Å². The third-order valence-electron chi connectivity index (χ3n) is 7.14. The molecule has 2 N–H and O–H groups in total. The maximum absolute atomic E-state index is 15.2. The Hall–Kier alpha value is -4.07. The number of aromatic nitrogens is 4. The van der Waals surface area contributed by atoms with Crippen molar-refractivity contribution in [1.29, 1.82) is 5.26 Å². The van der Waals surface area contributed by atoms with Crippen molar-refractivity contribution in [2.45, 2.75) is 51.4 Å². The Bertz CT molecular complexity index is 1520. The lowest BCUT2D eigenvalue weighted by atomic mass is 10.0. The fourth-order valence-electron chi connectivity index (χ4n) is 4.31. The van der Waals surface area contributed by atoms with Crippen molar-refractivity contribution in [2.24, 2.45) is 0 Å². The number of nitrogens with one attached hydrogen (secondary N) is 2. The van der Waals surface area contributed by atoms with E-state index in [9.17, 15) is 9.59 Å². The number of fused-ring (bicyclic) bond motifs is 1. The molecule has 1 saturated carbocycles. The van der Waals surface area contributed by atoms with E-state index in [4.69, 9.17) is 28.9 Å². The van der Waals surface area contributed by atoms with Crippen molar-refractivity contribution in [3.05, 3.63) is 41.9 Å². The van der Waals surface area contributed by atoms with Crippen molar-refractivity contribution in [1.82, 2.24) is 25.1 Å². The van der Waals surface area contributed by atoms with Crippen LogP contribution < -0.4 is 10.6 Å². The summed E-state index contributed by atoms with van der Waals surface area (Å²) in [5.74, 6) is -0.0504. The van der Waals surface area contributed by atoms with Crippen LogP contribution in [0.5, 0.6) is 0 Å². The van der Waals surface area contributed by atoms with Crippen LogP contribution in [0.2, 0.25) is 0 Å². The maximum atomic E-state index is 15.2. The van der Waals surface area contributed by atoms with Gasteiger partial charge in [0.1, 0.15) is 18.8 Å². The number of carbonyl (C=O) groups is 2. The number of carbonyl (C=O) groups excluding carboxylic acids is 2. The number of ketones is 1. The fourth-order valence-corrected chi connectivity index (χ4v) is 4.31. The number of alkyl halides is 1. The number of nitrogens with zero attached hydrogens (tertiary/aromatic N) is 5. The highest BCUT2D eigenvalue weighted by atomic mass is 19.1. The summed E-state index contributed by atoms with van der Waals surface area (Å²) in [5, 5.41) is 20.2. The lowest BCUT2D eigenvalue weighted by molar-refractivity contribution is -0.122. The molecule has 14 nitrogen and oxygen atoms in total. The molecule has 4 rings (SSSR count). The minimum atomic E-state index is -1.49. The lowest BCUT2D eigenvalue weighted by Gasteiger charge is -2.29. The SMILES string of the molecule is CC(=O)COCCOCCOCCOCCOC(C)(C)C(F)CNC(=O)c1cnc(-n2ncc3cc(C#N)cnc32)cc1NC1CC1. The Morgan fingerprint density at radius 3 is 2.30 bits per heavy atom. The average Bonchev–Trinajstić information content (AvgIpc) is 3.77. The molecule has 47 heavy (non-hydrogen) atoms. The zero-order valence-corrected chi connectivity index (χ0v) is 27.0. The average molecular weight is 656 g/mol. The molecule has 1 aliphatic rings. The van der Waals surface area contributed by atoms with Gasteiger partial charge >= 0.3 is 0 Å². The van der Waals surface area contributed by atoms with Gasteiger partial charge in [0.15, 0.2) is 17.2 Å². The first kappa shape index (κ1) is 35.8. The van der Waals surface area contributed by atoms with Crippen LogP contribution in [0.15, 0.2) is 30.7 Å². The van der Waals surface area contributed by atoms with Crippen molar-refractivity contribution in [3.63, 3.8) is 0 Å². The smallest absolute Gasteiger partial charge is 0.255 e. The third kappa shape index (κ3) is 11.3. The van der Waals surface area contributed by atoms with Gasteiger partial charge in [-0.3, -0.25) is 9.59 Å². The quantitative estimate of drug-likeness (QED) is 0.152. The van der Waals surface area contributed by atoms with E-state index < -0.39 is 17.7 Å². The van der Waals surface area contributed by atoms with E-state index in [0.29, 0.717) is 67.7 Å². The van der Waals surface area contributed by atoms with E-state index in [2.05, 4.69) is 31.8 Å². The molecule has 3 aromatic heterocycles. The number of nitriles is 1. The van der Waals surface area contributed by atoms with Gasteiger partial charge in [-0.05, 0) is 39.7 Å².